The van der Waals surface area contributed by atoms with Gasteiger partial charge >= 0.3 is 17.3 Å². The van der Waals surface area contributed by atoms with Gasteiger partial charge in [-0.1, -0.05) is 0 Å². The SMILES string of the molecule is Nc1ccc(OS(=O)O)cc1C(=O)O. The Labute approximate surface area is 81.8 Å². The normalized spacial score (nSPS) is 12.1. The van der Waals surface area contributed by atoms with Crippen molar-refractivity contribution >= 4 is 23.0 Å². The molecule has 1 atom stereocenters. The van der Waals surface area contributed by atoms with E-state index in [1.165, 1.54) is 12.1 Å². The Morgan fingerprint density at radius 2 is 2.14 bits per heavy atom. The maximum absolute atomic E-state index is 10.6. The Balaban J connectivity index is 3.06. The predicted octanol–water partition coefficient (Wildman–Crippen LogP) is 0.483. The van der Waals surface area contributed by atoms with Crippen molar-refractivity contribution in [3.8, 4) is 5.75 Å². The average Bonchev–Trinajstić information content (AvgIpc) is 2.07. The molecule has 0 bridgehead atoms. The summed E-state index contributed by atoms with van der Waals surface area (Å²) in [4.78, 5) is 10.6. The number of aromatic carboxylic acids is 1. The van der Waals surface area contributed by atoms with Crippen LogP contribution in [0.4, 0.5) is 5.69 Å². The van der Waals surface area contributed by atoms with E-state index in [4.69, 9.17) is 15.4 Å². The minimum Gasteiger partial charge on any atom is -0.478 e. The average molecular weight is 217 g/mol. The van der Waals surface area contributed by atoms with E-state index in [9.17, 15) is 9.00 Å². The topological polar surface area (TPSA) is 110 Å². The van der Waals surface area contributed by atoms with Crippen LogP contribution in [0.3, 0.4) is 0 Å². The van der Waals surface area contributed by atoms with E-state index < -0.39 is 17.3 Å². The van der Waals surface area contributed by atoms with Gasteiger partial charge in [0.1, 0.15) is 5.75 Å². The van der Waals surface area contributed by atoms with Gasteiger partial charge in [-0.05, 0) is 18.2 Å². The number of carbonyl (C=O) groups is 1. The Hall–Kier alpha value is -1.60. The number of carboxylic acid groups (broad SMARTS) is 1. The molecule has 1 aromatic rings. The lowest BCUT2D eigenvalue weighted by molar-refractivity contribution is 0.0697. The van der Waals surface area contributed by atoms with Gasteiger partial charge in [-0.2, -0.15) is 4.21 Å². The van der Waals surface area contributed by atoms with Crippen LogP contribution >= 0.6 is 0 Å². The first-order chi connectivity index (χ1) is 6.50. The number of rotatable bonds is 3. The molecule has 0 aliphatic heterocycles. The van der Waals surface area contributed by atoms with Crippen molar-refractivity contribution in [2.24, 2.45) is 0 Å². The van der Waals surface area contributed by atoms with Crippen molar-refractivity contribution in [2.45, 2.75) is 0 Å². The quantitative estimate of drug-likeness (QED) is 0.501. The van der Waals surface area contributed by atoms with Crippen molar-refractivity contribution in [3.63, 3.8) is 0 Å². The van der Waals surface area contributed by atoms with Crippen LogP contribution in [0.15, 0.2) is 18.2 Å². The summed E-state index contributed by atoms with van der Waals surface area (Å²) in [6.45, 7) is 0. The monoisotopic (exact) mass is 217 g/mol. The number of anilines is 1. The fourth-order valence-corrected chi connectivity index (χ4v) is 1.12. The molecule has 14 heavy (non-hydrogen) atoms. The fourth-order valence-electron chi connectivity index (χ4n) is 0.855. The first-order valence-corrected chi connectivity index (χ1v) is 4.46. The molecule has 7 heteroatoms. The van der Waals surface area contributed by atoms with E-state index >= 15 is 0 Å². The van der Waals surface area contributed by atoms with E-state index in [-0.39, 0.29) is 17.0 Å². The maximum Gasteiger partial charge on any atom is 0.357 e. The van der Waals surface area contributed by atoms with Crippen molar-refractivity contribution < 1.29 is 22.8 Å². The highest BCUT2D eigenvalue weighted by Crippen LogP contribution is 2.20. The molecule has 1 unspecified atom stereocenters. The second-order valence-electron chi connectivity index (χ2n) is 2.35. The first kappa shape index (κ1) is 10.5. The minimum atomic E-state index is -2.48. The predicted molar refractivity (Wildman–Crippen MR) is 49.2 cm³/mol. The molecule has 4 N–H and O–H groups in total. The van der Waals surface area contributed by atoms with Crippen LogP contribution in [0, 0.1) is 0 Å². The van der Waals surface area contributed by atoms with Gasteiger partial charge < -0.3 is 15.0 Å². The summed E-state index contributed by atoms with van der Waals surface area (Å²) in [5.74, 6) is -1.26. The molecule has 0 amide bonds. The Bertz CT molecular complexity index is 392. The Kier molecular flexibility index (Phi) is 3.05. The van der Waals surface area contributed by atoms with E-state index in [0.717, 1.165) is 6.07 Å². The van der Waals surface area contributed by atoms with Crippen molar-refractivity contribution in [1.82, 2.24) is 0 Å². The first-order valence-electron chi connectivity index (χ1n) is 3.42. The summed E-state index contributed by atoms with van der Waals surface area (Å²) in [6.07, 6.45) is 0. The van der Waals surface area contributed by atoms with Crippen LogP contribution in [0.2, 0.25) is 0 Å². The van der Waals surface area contributed by atoms with Crippen molar-refractivity contribution in [3.05, 3.63) is 23.8 Å². The van der Waals surface area contributed by atoms with Gasteiger partial charge in [-0.3, -0.25) is 4.55 Å². The fraction of sp³-hybridized carbons (Fsp3) is 0. The van der Waals surface area contributed by atoms with Gasteiger partial charge in [0.2, 0.25) is 0 Å². The van der Waals surface area contributed by atoms with E-state index in [1.807, 2.05) is 0 Å². The van der Waals surface area contributed by atoms with Crippen LogP contribution in [0.25, 0.3) is 0 Å². The zero-order valence-corrected chi connectivity index (χ0v) is 7.65. The second kappa shape index (κ2) is 4.07. The highest BCUT2D eigenvalue weighted by Gasteiger charge is 2.10. The molecule has 6 nitrogen and oxygen atoms in total. The highest BCUT2D eigenvalue weighted by atomic mass is 32.2. The molecule has 0 saturated carbocycles. The summed E-state index contributed by atoms with van der Waals surface area (Å²) < 4.78 is 23.0. The number of nitrogen functional groups attached to an aromatic ring is 1. The molecular weight excluding hydrogens is 210 g/mol. The van der Waals surface area contributed by atoms with E-state index in [2.05, 4.69) is 4.18 Å². The molecule has 1 aromatic carbocycles. The summed E-state index contributed by atoms with van der Waals surface area (Å²) in [7, 11) is 0. The minimum absolute atomic E-state index is 0.0302. The second-order valence-corrected chi connectivity index (χ2v) is 2.96. The third-order valence-electron chi connectivity index (χ3n) is 1.42. The van der Waals surface area contributed by atoms with Gasteiger partial charge in [-0.25, -0.2) is 4.79 Å². The Morgan fingerprint density at radius 3 is 2.64 bits per heavy atom. The molecule has 0 aromatic heterocycles. The van der Waals surface area contributed by atoms with Crippen molar-refractivity contribution in [2.75, 3.05) is 5.73 Å². The van der Waals surface area contributed by atoms with Crippen LogP contribution in [0.1, 0.15) is 10.4 Å². The number of carboxylic acids is 1. The van der Waals surface area contributed by atoms with Crippen LogP contribution in [-0.2, 0) is 11.4 Å². The summed E-state index contributed by atoms with van der Waals surface area (Å²) in [6, 6.07) is 3.66. The molecule has 0 aliphatic carbocycles. The summed E-state index contributed by atoms with van der Waals surface area (Å²) in [5.41, 5.74) is 5.24. The summed E-state index contributed by atoms with van der Waals surface area (Å²) >= 11 is -2.48. The molecule has 0 fully saturated rings. The lowest BCUT2D eigenvalue weighted by atomic mass is 10.2. The number of benzene rings is 1. The molecule has 0 radical (unpaired) electrons. The summed E-state index contributed by atoms with van der Waals surface area (Å²) in [5, 5.41) is 8.65. The van der Waals surface area contributed by atoms with Gasteiger partial charge in [0.25, 0.3) is 0 Å². The van der Waals surface area contributed by atoms with Crippen LogP contribution in [0.5, 0.6) is 5.75 Å². The smallest absolute Gasteiger partial charge is 0.357 e. The Morgan fingerprint density at radius 1 is 1.50 bits per heavy atom. The lowest BCUT2D eigenvalue weighted by Gasteiger charge is -2.03. The number of nitrogens with two attached hydrogens (primary N) is 1. The molecule has 0 heterocycles. The van der Waals surface area contributed by atoms with Gasteiger partial charge in [0.15, 0.2) is 0 Å². The largest absolute Gasteiger partial charge is 0.478 e. The molecule has 1 rings (SSSR count). The van der Waals surface area contributed by atoms with Crippen molar-refractivity contribution in [1.29, 1.82) is 0 Å². The van der Waals surface area contributed by atoms with Gasteiger partial charge in [0.05, 0.1) is 5.56 Å². The van der Waals surface area contributed by atoms with E-state index in [1.54, 1.807) is 0 Å². The zero-order chi connectivity index (χ0) is 10.7. The molecular formula is C7H7NO5S. The maximum atomic E-state index is 10.6. The third kappa shape index (κ3) is 2.44. The highest BCUT2D eigenvalue weighted by molar-refractivity contribution is 7.74. The van der Waals surface area contributed by atoms with E-state index in [0.29, 0.717) is 0 Å². The molecule has 0 spiro atoms. The van der Waals surface area contributed by atoms with Crippen LogP contribution in [-0.4, -0.2) is 19.8 Å². The zero-order valence-electron chi connectivity index (χ0n) is 6.84. The molecule has 0 saturated heterocycles. The third-order valence-corrected chi connectivity index (χ3v) is 1.76. The lowest BCUT2D eigenvalue weighted by Crippen LogP contribution is -2.04. The number of hydrogen-bond donors (Lipinski definition) is 3. The standard InChI is InChI=1S/C7H7NO5S/c8-6-2-1-4(13-14(11)12)3-5(6)7(9)10/h1-3H,8H2,(H,9,10)(H,11,12). The molecule has 0 aliphatic rings. The van der Waals surface area contributed by atoms with Gasteiger partial charge in [0, 0.05) is 5.69 Å². The van der Waals surface area contributed by atoms with Crippen LogP contribution < -0.4 is 9.92 Å². The number of hydrogen-bond acceptors (Lipinski definition) is 4. The molecule has 76 valence electrons. The van der Waals surface area contributed by atoms with Gasteiger partial charge in [-0.15, -0.1) is 0 Å².